The van der Waals surface area contributed by atoms with Gasteiger partial charge < -0.3 is 0 Å². The normalized spacial score (nSPS) is 13.7. The van der Waals surface area contributed by atoms with Gasteiger partial charge in [-0.1, -0.05) is 25.9 Å². The fourth-order valence-electron chi connectivity index (χ4n) is 2.30. The summed E-state index contributed by atoms with van der Waals surface area (Å²) in [6, 6.07) is 1.09. The van der Waals surface area contributed by atoms with Crippen molar-refractivity contribution in [2.24, 2.45) is 7.05 Å². The second-order valence-corrected chi connectivity index (χ2v) is 7.85. The van der Waals surface area contributed by atoms with Crippen LogP contribution in [-0.2, 0) is 24.2 Å². The zero-order chi connectivity index (χ0) is 17.8. The van der Waals surface area contributed by atoms with Gasteiger partial charge in [0.25, 0.3) is 0 Å². The molecule has 0 saturated heterocycles. The number of rotatable bonds is 1. The summed E-state index contributed by atoms with van der Waals surface area (Å²) in [7, 11) is 1.81. The fourth-order valence-corrected chi connectivity index (χ4v) is 2.30. The van der Waals surface area contributed by atoms with Gasteiger partial charge in [-0.3, -0.25) is 0 Å². The smallest absolute Gasteiger partial charge is 0.221 e. The zero-order valence-electron chi connectivity index (χ0n) is 14.7. The third kappa shape index (κ3) is 3.43. The number of halogens is 3. The maximum Gasteiger partial charge on any atom is 0.437 e. The van der Waals surface area contributed by atoms with Gasteiger partial charge in [-0.25, -0.2) is 4.68 Å². The summed E-state index contributed by atoms with van der Waals surface area (Å²) in [6.45, 7) is 11.7. The highest BCUT2D eigenvalue weighted by molar-refractivity contribution is 5.22. The van der Waals surface area contributed by atoms with Crippen molar-refractivity contribution in [3.63, 3.8) is 0 Å². The third-order valence-electron chi connectivity index (χ3n) is 3.64. The largest absolute Gasteiger partial charge is 0.437 e. The van der Waals surface area contributed by atoms with Crippen LogP contribution in [0.15, 0.2) is 18.5 Å². The Morgan fingerprint density at radius 1 is 1.04 bits per heavy atom. The number of hydrogen-bond donors (Lipinski definition) is 0. The standard InChI is InChI=1S/C16H24F3N4/c1-14(2,3)11-9-21(7)22(10-11)13-8-12(16(17,18)19)20-23(13)15(4,5)6/h8-10H,1-7H3/q+1. The van der Waals surface area contributed by atoms with Gasteiger partial charge in [-0.05, 0) is 26.2 Å². The molecule has 0 aliphatic rings. The Morgan fingerprint density at radius 3 is 2.00 bits per heavy atom. The van der Waals surface area contributed by atoms with Gasteiger partial charge in [0.2, 0.25) is 0 Å². The van der Waals surface area contributed by atoms with Crippen molar-refractivity contribution in [1.82, 2.24) is 14.5 Å². The van der Waals surface area contributed by atoms with E-state index in [4.69, 9.17) is 0 Å². The van der Waals surface area contributed by atoms with Crippen LogP contribution in [0.25, 0.3) is 5.82 Å². The Bertz CT molecular complexity index is 709. The maximum absolute atomic E-state index is 13.1. The molecule has 2 rings (SSSR count). The third-order valence-corrected chi connectivity index (χ3v) is 3.64. The van der Waals surface area contributed by atoms with Gasteiger partial charge >= 0.3 is 12.0 Å². The summed E-state index contributed by atoms with van der Waals surface area (Å²) >= 11 is 0. The zero-order valence-corrected chi connectivity index (χ0v) is 14.7. The summed E-state index contributed by atoms with van der Waals surface area (Å²) in [6.07, 6.45) is -0.684. The van der Waals surface area contributed by atoms with Crippen LogP contribution in [0.3, 0.4) is 0 Å². The Kier molecular flexibility index (Phi) is 3.90. The van der Waals surface area contributed by atoms with Crippen molar-refractivity contribution in [1.29, 1.82) is 0 Å². The highest BCUT2D eigenvalue weighted by atomic mass is 19.4. The highest BCUT2D eigenvalue weighted by Gasteiger charge is 2.41. The summed E-state index contributed by atoms with van der Waals surface area (Å²) in [5, 5.41) is 3.80. The van der Waals surface area contributed by atoms with Gasteiger partial charge in [-0.15, -0.1) is 9.36 Å². The number of nitrogens with zero attached hydrogens (tertiary/aromatic N) is 4. The number of alkyl halides is 3. The predicted molar refractivity (Wildman–Crippen MR) is 81.4 cm³/mol. The molecule has 0 aliphatic carbocycles. The van der Waals surface area contributed by atoms with E-state index in [2.05, 4.69) is 25.9 Å². The molecule has 0 saturated carbocycles. The molecule has 0 unspecified atom stereocenters. The first-order valence-corrected chi connectivity index (χ1v) is 7.48. The molecule has 0 bridgehead atoms. The molecular formula is C16H24F3N4+. The van der Waals surface area contributed by atoms with Gasteiger partial charge in [0.15, 0.2) is 5.69 Å². The molecule has 0 N–H and O–H groups in total. The monoisotopic (exact) mass is 329 g/mol. The van der Waals surface area contributed by atoms with Gasteiger partial charge in [-0.2, -0.15) is 13.2 Å². The molecule has 0 atom stereocenters. The number of aryl methyl sites for hydroxylation is 1. The van der Waals surface area contributed by atoms with Crippen molar-refractivity contribution < 1.29 is 17.9 Å². The molecule has 2 aromatic rings. The van der Waals surface area contributed by atoms with Crippen LogP contribution < -0.4 is 4.68 Å². The van der Waals surface area contributed by atoms with E-state index in [0.29, 0.717) is 5.82 Å². The molecule has 4 nitrogen and oxygen atoms in total. The van der Waals surface area contributed by atoms with E-state index in [-0.39, 0.29) is 5.41 Å². The van der Waals surface area contributed by atoms with Crippen LogP contribution >= 0.6 is 0 Å². The SMILES string of the molecule is Cn1cc(C(C)(C)C)c[n+]1-c1cc(C(F)(F)F)nn1C(C)(C)C. The Labute approximate surface area is 134 Å². The van der Waals surface area contributed by atoms with Crippen LogP contribution in [0, 0.1) is 0 Å². The van der Waals surface area contributed by atoms with Crippen molar-refractivity contribution in [2.75, 3.05) is 0 Å². The highest BCUT2D eigenvalue weighted by Crippen LogP contribution is 2.31. The van der Waals surface area contributed by atoms with E-state index in [9.17, 15) is 13.2 Å². The molecule has 0 aliphatic heterocycles. The predicted octanol–water partition coefficient (Wildman–Crippen LogP) is 3.57. The Balaban J connectivity index is 2.68. The van der Waals surface area contributed by atoms with E-state index in [1.807, 2.05) is 40.2 Å². The van der Waals surface area contributed by atoms with Crippen LogP contribution in [0.5, 0.6) is 0 Å². The molecule has 128 valence electrons. The van der Waals surface area contributed by atoms with Gasteiger partial charge in [0.05, 0.1) is 6.07 Å². The Morgan fingerprint density at radius 2 is 1.61 bits per heavy atom. The molecule has 0 spiro atoms. The first-order valence-electron chi connectivity index (χ1n) is 7.48. The van der Waals surface area contributed by atoms with Crippen molar-refractivity contribution >= 4 is 0 Å². The summed E-state index contributed by atoms with van der Waals surface area (Å²) in [5.74, 6) is 0.392. The van der Waals surface area contributed by atoms with E-state index < -0.39 is 17.4 Å². The molecule has 0 aromatic carbocycles. The van der Waals surface area contributed by atoms with E-state index in [0.717, 1.165) is 11.6 Å². The molecule has 0 fully saturated rings. The maximum atomic E-state index is 13.1. The van der Waals surface area contributed by atoms with Crippen molar-refractivity contribution in [2.45, 2.75) is 58.7 Å². The first kappa shape index (κ1) is 17.6. The Hall–Kier alpha value is -1.79. The van der Waals surface area contributed by atoms with E-state index in [1.54, 1.807) is 9.36 Å². The summed E-state index contributed by atoms with van der Waals surface area (Å²) < 4.78 is 44.2. The molecule has 23 heavy (non-hydrogen) atoms. The van der Waals surface area contributed by atoms with Crippen LogP contribution in [0.1, 0.15) is 52.8 Å². The molecule has 2 heterocycles. The minimum atomic E-state index is -4.47. The second-order valence-electron chi connectivity index (χ2n) is 7.85. The lowest BCUT2D eigenvalue weighted by Crippen LogP contribution is -2.43. The summed E-state index contributed by atoms with van der Waals surface area (Å²) in [4.78, 5) is 0. The lowest BCUT2D eigenvalue weighted by molar-refractivity contribution is -0.688. The average molecular weight is 329 g/mol. The number of hydrogen-bond acceptors (Lipinski definition) is 1. The van der Waals surface area contributed by atoms with Crippen LogP contribution in [0.2, 0.25) is 0 Å². The summed E-state index contributed by atoms with van der Waals surface area (Å²) in [5.41, 5.74) is -0.510. The molecule has 7 heteroatoms. The molecule has 0 amide bonds. The van der Waals surface area contributed by atoms with Gasteiger partial charge in [0, 0.05) is 18.8 Å². The van der Waals surface area contributed by atoms with Crippen molar-refractivity contribution in [3.05, 3.63) is 29.7 Å². The average Bonchev–Trinajstić information content (AvgIpc) is 2.88. The number of aromatic nitrogens is 4. The quantitative estimate of drug-likeness (QED) is 0.735. The van der Waals surface area contributed by atoms with Crippen LogP contribution in [0.4, 0.5) is 13.2 Å². The van der Waals surface area contributed by atoms with Crippen LogP contribution in [-0.4, -0.2) is 14.5 Å². The molecular weight excluding hydrogens is 305 g/mol. The van der Waals surface area contributed by atoms with Gasteiger partial charge in [0.1, 0.15) is 11.7 Å². The minimum Gasteiger partial charge on any atom is -0.221 e. The molecule has 2 aromatic heterocycles. The molecule has 0 radical (unpaired) electrons. The van der Waals surface area contributed by atoms with E-state index >= 15 is 0 Å². The lowest BCUT2D eigenvalue weighted by atomic mass is 9.90. The van der Waals surface area contributed by atoms with E-state index in [1.165, 1.54) is 4.68 Å². The second kappa shape index (κ2) is 5.11. The lowest BCUT2D eigenvalue weighted by Gasteiger charge is -2.15. The topological polar surface area (TPSA) is 26.6 Å². The first-order chi connectivity index (χ1) is 10.2. The fraction of sp³-hybridized carbons (Fsp3) is 0.625. The van der Waals surface area contributed by atoms with Crippen molar-refractivity contribution in [3.8, 4) is 5.82 Å². The minimum absolute atomic E-state index is 0.0948.